The van der Waals surface area contributed by atoms with E-state index in [0.29, 0.717) is 48.8 Å². The van der Waals surface area contributed by atoms with Crippen molar-refractivity contribution in [3.05, 3.63) is 59.2 Å². The third-order valence-corrected chi connectivity index (χ3v) is 5.16. The first-order valence-corrected chi connectivity index (χ1v) is 9.68. The summed E-state index contributed by atoms with van der Waals surface area (Å²) in [5.74, 6) is 0.510. The van der Waals surface area contributed by atoms with E-state index in [-0.39, 0.29) is 18.2 Å². The lowest BCUT2D eigenvalue weighted by atomic mass is 10.1. The maximum Gasteiger partial charge on any atom is 0.416 e. The van der Waals surface area contributed by atoms with Crippen molar-refractivity contribution in [3.8, 4) is 11.5 Å². The van der Waals surface area contributed by atoms with Crippen LogP contribution in [0.4, 0.5) is 13.2 Å². The number of hydrogen-bond acceptors (Lipinski definition) is 4. The van der Waals surface area contributed by atoms with Gasteiger partial charge in [-0.1, -0.05) is 18.2 Å². The van der Waals surface area contributed by atoms with Gasteiger partial charge in [-0.3, -0.25) is 9.59 Å². The van der Waals surface area contributed by atoms with Gasteiger partial charge in [-0.15, -0.1) is 0 Å². The molecular weight excluding hydrogens is 413 g/mol. The van der Waals surface area contributed by atoms with Gasteiger partial charge in [0.2, 0.25) is 5.91 Å². The number of methoxy groups -OCH3 is 2. The van der Waals surface area contributed by atoms with E-state index in [1.807, 2.05) is 0 Å². The molecule has 166 valence electrons. The molecule has 1 fully saturated rings. The van der Waals surface area contributed by atoms with Crippen LogP contribution in [-0.2, 0) is 17.4 Å². The standard InChI is InChI=1S/C22H23F3N2O4/c1-30-18-7-6-16(14-19(18)31-2)21(29)27-10-8-26(9-11-27)20(28)13-15-4-3-5-17(12-15)22(23,24)25/h3-7,12,14H,8-11,13H2,1-2H3. The summed E-state index contributed by atoms with van der Waals surface area (Å²) in [5.41, 5.74) is -0.0202. The van der Waals surface area contributed by atoms with E-state index in [1.165, 1.54) is 26.4 Å². The third kappa shape index (κ3) is 5.28. The lowest BCUT2D eigenvalue weighted by Crippen LogP contribution is -2.51. The lowest BCUT2D eigenvalue weighted by molar-refractivity contribution is -0.138. The largest absolute Gasteiger partial charge is 0.493 e. The second-order valence-corrected chi connectivity index (χ2v) is 7.12. The number of halogens is 3. The SMILES string of the molecule is COc1ccc(C(=O)N2CCN(C(=O)Cc3cccc(C(F)(F)F)c3)CC2)cc1OC. The van der Waals surface area contributed by atoms with Crippen molar-refractivity contribution in [1.29, 1.82) is 0 Å². The zero-order valence-corrected chi connectivity index (χ0v) is 17.2. The fourth-order valence-corrected chi connectivity index (χ4v) is 3.45. The van der Waals surface area contributed by atoms with Crippen molar-refractivity contribution >= 4 is 11.8 Å². The van der Waals surface area contributed by atoms with Gasteiger partial charge in [0.1, 0.15) is 0 Å². The number of piperazine rings is 1. The first kappa shape index (κ1) is 22.5. The summed E-state index contributed by atoms with van der Waals surface area (Å²) in [6, 6.07) is 9.68. The van der Waals surface area contributed by atoms with Gasteiger partial charge in [-0.25, -0.2) is 0 Å². The highest BCUT2D eigenvalue weighted by Crippen LogP contribution is 2.30. The van der Waals surface area contributed by atoms with Gasteiger partial charge in [0.25, 0.3) is 5.91 Å². The molecule has 31 heavy (non-hydrogen) atoms. The lowest BCUT2D eigenvalue weighted by Gasteiger charge is -2.35. The molecule has 6 nitrogen and oxygen atoms in total. The van der Waals surface area contributed by atoms with Crippen LogP contribution in [0, 0.1) is 0 Å². The fraction of sp³-hybridized carbons (Fsp3) is 0.364. The Labute approximate surface area is 178 Å². The molecule has 0 bridgehead atoms. The maximum absolute atomic E-state index is 12.9. The number of nitrogens with zero attached hydrogens (tertiary/aromatic N) is 2. The summed E-state index contributed by atoms with van der Waals surface area (Å²) in [4.78, 5) is 28.5. The van der Waals surface area contributed by atoms with Crippen LogP contribution in [0.25, 0.3) is 0 Å². The van der Waals surface area contributed by atoms with Gasteiger partial charge in [0.05, 0.1) is 26.2 Å². The monoisotopic (exact) mass is 436 g/mol. The molecule has 0 aliphatic carbocycles. The number of ether oxygens (including phenoxy) is 2. The number of rotatable bonds is 5. The van der Waals surface area contributed by atoms with Crippen LogP contribution in [0.5, 0.6) is 11.5 Å². The predicted octanol–water partition coefficient (Wildman–Crippen LogP) is 3.25. The Bertz CT molecular complexity index is 954. The number of benzene rings is 2. The molecule has 1 heterocycles. The van der Waals surface area contributed by atoms with Crippen LogP contribution in [0.15, 0.2) is 42.5 Å². The molecule has 3 rings (SSSR count). The molecule has 2 aromatic rings. The van der Waals surface area contributed by atoms with Crippen molar-refractivity contribution < 1.29 is 32.2 Å². The Morgan fingerprint density at radius 1 is 0.903 bits per heavy atom. The number of alkyl halides is 3. The van der Waals surface area contributed by atoms with Crippen molar-refractivity contribution in [2.75, 3.05) is 40.4 Å². The molecule has 2 amide bonds. The topological polar surface area (TPSA) is 59.1 Å². The normalized spacial score (nSPS) is 14.4. The van der Waals surface area contributed by atoms with E-state index in [4.69, 9.17) is 9.47 Å². The average molecular weight is 436 g/mol. The Morgan fingerprint density at radius 2 is 1.55 bits per heavy atom. The molecule has 2 aromatic carbocycles. The molecule has 0 atom stereocenters. The van der Waals surface area contributed by atoms with Gasteiger partial charge in [-0.05, 0) is 29.8 Å². The van der Waals surface area contributed by atoms with Crippen LogP contribution in [0.2, 0.25) is 0 Å². The zero-order valence-electron chi connectivity index (χ0n) is 17.2. The van der Waals surface area contributed by atoms with E-state index in [0.717, 1.165) is 12.1 Å². The molecule has 0 unspecified atom stereocenters. The van der Waals surface area contributed by atoms with Gasteiger partial charge in [-0.2, -0.15) is 13.2 Å². The van der Waals surface area contributed by atoms with Crippen molar-refractivity contribution in [2.24, 2.45) is 0 Å². The average Bonchev–Trinajstić information content (AvgIpc) is 2.77. The first-order valence-electron chi connectivity index (χ1n) is 9.68. The number of hydrogen-bond donors (Lipinski definition) is 0. The molecular formula is C22H23F3N2O4. The molecule has 0 radical (unpaired) electrons. The van der Waals surface area contributed by atoms with E-state index in [2.05, 4.69) is 0 Å². The van der Waals surface area contributed by atoms with Crippen LogP contribution >= 0.6 is 0 Å². The van der Waals surface area contributed by atoms with Crippen LogP contribution in [0.3, 0.4) is 0 Å². The summed E-state index contributed by atoms with van der Waals surface area (Å²) in [6.07, 6.45) is -4.57. The number of carbonyl (C=O) groups excluding carboxylic acids is 2. The Kier molecular flexibility index (Phi) is 6.72. The summed E-state index contributed by atoms with van der Waals surface area (Å²) in [6.45, 7) is 1.30. The predicted molar refractivity (Wildman–Crippen MR) is 107 cm³/mol. The molecule has 0 N–H and O–H groups in total. The van der Waals surface area contributed by atoms with E-state index in [9.17, 15) is 22.8 Å². The van der Waals surface area contributed by atoms with E-state index >= 15 is 0 Å². The zero-order chi connectivity index (χ0) is 22.6. The van der Waals surface area contributed by atoms with E-state index in [1.54, 1.807) is 28.0 Å². The van der Waals surface area contributed by atoms with E-state index < -0.39 is 11.7 Å². The Balaban J connectivity index is 1.59. The molecule has 1 aliphatic heterocycles. The highest BCUT2D eigenvalue weighted by atomic mass is 19.4. The molecule has 1 saturated heterocycles. The molecule has 0 spiro atoms. The summed E-state index contributed by atoms with van der Waals surface area (Å²) < 4.78 is 49.0. The minimum atomic E-state index is -4.45. The number of amides is 2. The van der Waals surface area contributed by atoms with Crippen LogP contribution < -0.4 is 9.47 Å². The fourth-order valence-electron chi connectivity index (χ4n) is 3.45. The van der Waals surface area contributed by atoms with Crippen molar-refractivity contribution in [3.63, 3.8) is 0 Å². The molecule has 0 saturated carbocycles. The van der Waals surface area contributed by atoms with Gasteiger partial charge in [0.15, 0.2) is 11.5 Å². The van der Waals surface area contributed by atoms with Gasteiger partial charge < -0.3 is 19.3 Å². The highest BCUT2D eigenvalue weighted by molar-refractivity contribution is 5.95. The quantitative estimate of drug-likeness (QED) is 0.722. The molecule has 9 heteroatoms. The maximum atomic E-state index is 12.9. The van der Waals surface area contributed by atoms with Crippen molar-refractivity contribution in [2.45, 2.75) is 12.6 Å². The van der Waals surface area contributed by atoms with Gasteiger partial charge in [0, 0.05) is 31.7 Å². The smallest absolute Gasteiger partial charge is 0.416 e. The van der Waals surface area contributed by atoms with Crippen LogP contribution in [0.1, 0.15) is 21.5 Å². The first-order chi connectivity index (χ1) is 14.7. The minimum Gasteiger partial charge on any atom is -0.493 e. The highest BCUT2D eigenvalue weighted by Gasteiger charge is 2.31. The summed E-state index contributed by atoms with van der Waals surface area (Å²) >= 11 is 0. The Morgan fingerprint density at radius 3 is 2.16 bits per heavy atom. The minimum absolute atomic E-state index is 0.118. The van der Waals surface area contributed by atoms with Gasteiger partial charge >= 0.3 is 6.18 Å². The van der Waals surface area contributed by atoms with Crippen molar-refractivity contribution in [1.82, 2.24) is 9.80 Å². The second kappa shape index (κ2) is 9.28. The molecule has 0 aromatic heterocycles. The molecule has 1 aliphatic rings. The van der Waals surface area contributed by atoms with Crippen LogP contribution in [-0.4, -0.2) is 62.0 Å². The second-order valence-electron chi connectivity index (χ2n) is 7.12. The number of carbonyl (C=O) groups is 2. The third-order valence-electron chi connectivity index (χ3n) is 5.16. The summed E-state index contributed by atoms with van der Waals surface area (Å²) in [7, 11) is 3.00. The Hall–Kier alpha value is -3.23. The summed E-state index contributed by atoms with van der Waals surface area (Å²) in [5, 5.41) is 0.